The normalized spacial score (nSPS) is 22.2. The van der Waals surface area contributed by atoms with Crippen molar-refractivity contribution in [1.82, 2.24) is 4.98 Å². The third kappa shape index (κ3) is 4.17. The molecule has 0 radical (unpaired) electrons. The number of aromatic nitrogens is 1. The molecule has 0 bridgehead atoms. The average molecular weight is 465 g/mol. The molecule has 2 aliphatic carbocycles. The molecule has 7 heteroatoms. The van der Waals surface area contributed by atoms with Gasteiger partial charge in [0.25, 0.3) is 0 Å². The molecule has 7 nitrogen and oxygen atoms in total. The fraction of sp³-hybridized carbons (Fsp3) is 0.519. The molecule has 2 atom stereocenters. The molecule has 2 heterocycles. The number of rotatable bonds is 5. The van der Waals surface area contributed by atoms with E-state index < -0.39 is 6.16 Å². The number of piperidine rings is 1. The number of carbonyl (C=O) groups excluding carboxylic acids is 1. The monoisotopic (exact) mass is 464 g/mol. The largest absolute Gasteiger partial charge is 0.511 e. The van der Waals surface area contributed by atoms with Crippen molar-refractivity contribution in [3.05, 3.63) is 52.8 Å². The minimum atomic E-state index is -1.31. The van der Waals surface area contributed by atoms with E-state index in [1.54, 1.807) is 6.07 Å². The summed E-state index contributed by atoms with van der Waals surface area (Å²) in [7, 11) is 2.15. The lowest BCUT2D eigenvalue weighted by Crippen LogP contribution is -2.61. The molecule has 1 saturated heterocycles. The highest BCUT2D eigenvalue weighted by atomic mass is 16.7. The van der Waals surface area contributed by atoms with Crippen molar-refractivity contribution >= 4 is 17.7 Å². The molecule has 2 aromatic rings. The minimum absolute atomic E-state index is 0.0439. The molecule has 1 aromatic heterocycles. The van der Waals surface area contributed by atoms with Crippen LogP contribution in [0.5, 0.6) is 5.75 Å². The molecular weight excluding hydrogens is 430 g/mol. The number of quaternary nitrogens is 1. The first-order valence-electron chi connectivity index (χ1n) is 12.4. The van der Waals surface area contributed by atoms with Gasteiger partial charge in [0.05, 0.1) is 19.0 Å². The van der Waals surface area contributed by atoms with Crippen LogP contribution in [0, 0.1) is 19.8 Å². The van der Waals surface area contributed by atoms with Crippen molar-refractivity contribution in [2.45, 2.75) is 64.5 Å². The van der Waals surface area contributed by atoms with Gasteiger partial charge in [0, 0.05) is 55.0 Å². The van der Waals surface area contributed by atoms with Crippen LogP contribution in [0.15, 0.2) is 30.3 Å². The third-order valence-electron chi connectivity index (χ3n) is 8.07. The van der Waals surface area contributed by atoms with Gasteiger partial charge in [0.15, 0.2) is 0 Å². The molecule has 1 aliphatic heterocycles. The van der Waals surface area contributed by atoms with Gasteiger partial charge in [-0.1, -0.05) is 6.07 Å². The number of ether oxygens (including phenoxy) is 1. The van der Waals surface area contributed by atoms with Crippen LogP contribution in [0.3, 0.4) is 0 Å². The second kappa shape index (κ2) is 8.69. The molecule has 2 fully saturated rings. The lowest BCUT2D eigenvalue weighted by atomic mass is 9.93. The average Bonchev–Trinajstić information content (AvgIpc) is 3.56. The van der Waals surface area contributed by atoms with Gasteiger partial charge in [-0.25, -0.2) is 9.59 Å². The molecule has 1 saturated carbocycles. The first-order chi connectivity index (χ1) is 16.3. The summed E-state index contributed by atoms with van der Waals surface area (Å²) in [4.78, 5) is 31.9. The highest BCUT2D eigenvalue weighted by Gasteiger charge is 2.54. The van der Waals surface area contributed by atoms with Crippen LogP contribution in [0.2, 0.25) is 0 Å². The fourth-order valence-corrected chi connectivity index (χ4v) is 6.25. The second-order valence-electron chi connectivity index (χ2n) is 10.4. The molecule has 1 amide bonds. The number of anilines is 1. The number of aryl methyl sites for hydroxylation is 3. The highest BCUT2D eigenvalue weighted by Crippen LogP contribution is 2.48. The van der Waals surface area contributed by atoms with Gasteiger partial charge in [-0.05, 0) is 62.9 Å². The Morgan fingerprint density at radius 3 is 2.32 bits per heavy atom. The van der Waals surface area contributed by atoms with Gasteiger partial charge in [-0.3, -0.25) is 9.47 Å². The maximum absolute atomic E-state index is 13.9. The van der Waals surface area contributed by atoms with Crippen LogP contribution in [0.25, 0.3) is 0 Å². The summed E-state index contributed by atoms with van der Waals surface area (Å²) in [6, 6.07) is 10.1. The summed E-state index contributed by atoms with van der Waals surface area (Å²) < 4.78 is 5.39. The maximum Gasteiger partial charge on any atom is 0.511 e. The van der Waals surface area contributed by atoms with Crippen molar-refractivity contribution in [3.63, 3.8) is 0 Å². The molecule has 3 aliphatic rings. The fourth-order valence-electron chi connectivity index (χ4n) is 6.25. The summed E-state index contributed by atoms with van der Waals surface area (Å²) >= 11 is 0. The number of amides is 1. The van der Waals surface area contributed by atoms with Crippen LogP contribution in [-0.2, 0) is 11.2 Å². The van der Waals surface area contributed by atoms with Crippen molar-refractivity contribution in [2.75, 3.05) is 25.0 Å². The summed E-state index contributed by atoms with van der Waals surface area (Å²) in [6.07, 6.45) is 4.39. The Kier molecular flexibility index (Phi) is 5.84. The predicted octanol–water partition coefficient (Wildman–Crippen LogP) is 4.79. The number of fused-ring (bicyclic) bond motifs is 1. The number of nitrogens with zero attached hydrogens (tertiary/aromatic N) is 3. The Bertz CT molecular complexity index is 1100. The lowest BCUT2D eigenvalue weighted by molar-refractivity contribution is -0.893. The van der Waals surface area contributed by atoms with E-state index in [-0.39, 0.29) is 18.0 Å². The second-order valence-corrected chi connectivity index (χ2v) is 10.4. The van der Waals surface area contributed by atoms with Crippen LogP contribution in [0.4, 0.5) is 10.5 Å². The highest BCUT2D eigenvalue weighted by molar-refractivity contribution is 5.75. The van der Waals surface area contributed by atoms with Crippen molar-refractivity contribution < 1.29 is 23.9 Å². The molecule has 1 aromatic carbocycles. The molecular formula is C27H34N3O4+. The number of benzene rings is 1. The maximum atomic E-state index is 13.9. The van der Waals surface area contributed by atoms with Crippen LogP contribution >= 0.6 is 0 Å². The van der Waals surface area contributed by atoms with E-state index in [0.29, 0.717) is 16.1 Å². The van der Waals surface area contributed by atoms with E-state index in [9.17, 15) is 9.59 Å². The molecule has 180 valence electrons. The van der Waals surface area contributed by atoms with E-state index in [4.69, 9.17) is 9.84 Å². The van der Waals surface area contributed by atoms with Gasteiger partial charge < -0.3 is 14.7 Å². The van der Waals surface area contributed by atoms with E-state index in [1.807, 2.05) is 26.0 Å². The Balaban J connectivity index is 1.42. The Morgan fingerprint density at radius 1 is 1.03 bits per heavy atom. The standard InChI is InChI=1S/C27H33N3O4/c1-17-14-21(15-18(2)28-17)29-12-10-22(11-13-29)30(3,26(31)20-4-5-20)25-9-7-19-6-8-23(16-24(19)25)34-27(32)33/h6,8,14-16,20,22,25H,4-5,7,9-13H2,1-3H3/p+1. The Labute approximate surface area is 200 Å². The minimum Gasteiger partial charge on any atom is -0.449 e. The number of hydrogen-bond acceptors (Lipinski definition) is 5. The summed E-state index contributed by atoms with van der Waals surface area (Å²) in [5, 5.41) is 9.08. The van der Waals surface area contributed by atoms with Crippen molar-refractivity contribution in [2.24, 2.45) is 5.92 Å². The summed E-state index contributed by atoms with van der Waals surface area (Å²) in [5.41, 5.74) is 5.56. The first kappa shape index (κ1) is 22.8. The zero-order chi connectivity index (χ0) is 24.0. The summed E-state index contributed by atoms with van der Waals surface area (Å²) in [6.45, 7) is 5.90. The smallest absolute Gasteiger partial charge is 0.449 e. The zero-order valence-electron chi connectivity index (χ0n) is 20.3. The van der Waals surface area contributed by atoms with Gasteiger partial charge in [-0.15, -0.1) is 0 Å². The molecule has 2 unspecified atom stereocenters. The summed E-state index contributed by atoms with van der Waals surface area (Å²) in [5.74, 6) is 0.856. The molecule has 1 N–H and O–H groups in total. The van der Waals surface area contributed by atoms with Gasteiger partial charge in [0.2, 0.25) is 0 Å². The van der Waals surface area contributed by atoms with Gasteiger partial charge in [-0.2, -0.15) is 0 Å². The number of hydrogen-bond donors (Lipinski definition) is 1. The Hall–Kier alpha value is -2.93. The zero-order valence-corrected chi connectivity index (χ0v) is 20.3. The number of pyridine rings is 1. The van der Waals surface area contributed by atoms with Gasteiger partial charge >= 0.3 is 12.1 Å². The number of carbonyl (C=O) groups is 2. The first-order valence-corrected chi connectivity index (χ1v) is 12.4. The molecule has 5 rings (SSSR count). The van der Waals surface area contributed by atoms with Crippen LogP contribution in [-0.4, -0.2) is 52.8 Å². The van der Waals surface area contributed by atoms with E-state index in [2.05, 4.69) is 29.1 Å². The van der Waals surface area contributed by atoms with Crippen molar-refractivity contribution in [3.8, 4) is 5.75 Å². The molecule has 34 heavy (non-hydrogen) atoms. The SMILES string of the molecule is Cc1cc(N2CCC([N+](C)(C(=O)C3CC3)C3CCc4ccc(OC(=O)O)cc43)CC2)cc(C)n1. The quantitative estimate of drug-likeness (QED) is 0.389. The van der Waals surface area contributed by atoms with E-state index in [1.165, 1.54) is 11.3 Å². The number of carboxylic acid groups (broad SMARTS) is 1. The van der Waals surface area contributed by atoms with E-state index in [0.717, 1.165) is 68.6 Å². The van der Waals surface area contributed by atoms with E-state index >= 15 is 0 Å². The Morgan fingerprint density at radius 2 is 1.71 bits per heavy atom. The third-order valence-corrected chi connectivity index (χ3v) is 8.07. The van der Waals surface area contributed by atoms with Crippen molar-refractivity contribution in [1.29, 1.82) is 0 Å². The van der Waals surface area contributed by atoms with Gasteiger partial charge in [0.1, 0.15) is 11.8 Å². The lowest BCUT2D eigenvalue weighted by Gasteiger charge is -2.47. The topological polar surface area (TPSA) is 79.7 Å². The molecule has 0 spiro atoms. The van der Waals surface area contributed by atoms with Crippen LogP contribution < -0.4 is 9.64 Å². The van der Waals surface area contributed by atoms with Crippen LogP contribution in [0.1, 0.15) is 60.7 Å². The predicted molar refractivity (Wildman–Crippen MR) is 129 cm³/mol.